The second-order valence-corrected chi connectivity index (χ2v) is 15.1. The molecule has 242 valence electrons. The molecular weight excluding hydrogens is 650 g/mol. The Balaban J connectivity index is 1.28. The summed E-state index contributed by atoms with van der Waals surface area (Å²) in [5.41, 5.74) is 8.03. The van der Waals surface area contributed by atoms with E-state index in [9.17, 15) is 14.7 Å². The van der Waals surface area contributed by atoms with Gasteiger partial charge in [-0.15, -0.1) is 0 Å². The van der Waals surface area contributed by atoms with Gasteiger partial charge < -0.3 is 30.2 Å². The van der Waals surface area contributed by atoms with Gasteiger partial charge in [-0.05, 0) is 68.1 Å². The Morgan fingerprint density at radius 3 is 2.72 bits per heavy atom. The first kappa shape index (κ1) is 32.5. The van der Waals surface area contributed by atoms with Crippen molar-refractivity contribution in [3.05, 3.63) is 62.2 Å². The Kier molecular flexibility index (Phi) is 8.93. The molecule has 46 heavy (non-hydrogen) atoms. The molecule has 0 aliphatic carbocycles. The molecule has 3 aromatic heterocycles. The van der Waals surface area contributed by atoms with Gasteiger partial charge in [-0.25, -0.2) is 9.78 Å². The van der Waals surface area contributed by atoms with Gasteiger partial charge in [-0.2, -0.15) is 15.0 Å². The first-order valence-corrected chi connectivity index (χ1v) is 17.6. The molecule has 4 aromatic rings. The minimum Gasteiger partial charge on any atom is -0.458 e. The van der Waals surface area contributed by atoms with Crippen molar-refractivity contribution in [2.45, 2.75) is 64.0 Å². The van der Waals surface area contributed by atoms with Crippen molar-refractivity contribution >= 4 is 56.0 Å². The summed E-state index contributed by atoms with van der Waals surface area (Å²) in [6, 6.07) is 7.24. The van der Waals surface area contributed by atoms with Gasteiger partial charge >= 0.3 is 12.0 Å². The molecule has 4 N–H and O–H groups in total. The van der Waals surface area contributed by atoms with Crippen molar-refractivity contribution < 1.29 is 19.4 Å². The third kappa shape index (κ3) is 5.92. The fourth-order valence-electron chi connectivity index (χ4n) is 5.61. The van der Waals surface area contributed by atoms with Crippen LogP contribution in [-0.4, -0.2) is 59.2 Å². The van der Waals surface area contributed by atoms with Gasteiger partial charge in [0.15, 0.2) is 5.60 Å². The van der Waals surface area contributed by atoms with Crippen molar-refractivity contribution in [3.8, 4) is 23.1 Å². The third-order valence-electron chi connectivity index (χ3n) is 8.17. The zero-order valence-electron chi connectivity index (χ0n) is 25.8. The van der Waals surface area contributed by atoms with E-state index in [0.717, 1.165) is 22.3 Å². The van der Waals surface area contributed by atoms with Crippen LogP contribution in [0.2, 0.25) is 5.28 Å². The Bertz CT molecular complexity index is 1920. The quantitative estimate of drug-likeness (QED) is 0.0987. The van der Waals surface area contributed by atoms with Crippen molar-refractivity contribution in [2.75, 3.05) is 24.2 Å². The van der Waals surface area contributed by atoms with Gasteiger partial charge in [0.2, 0.25) is 11.2 Å². The zero-order valence-corrected chi connectivity index (χ0v) is 28.2. The van der Waals surface area contributed by atoms with E-state index in [1.807, 2.05) is 19.1 Å². The molecule has 15 heteroatoms. The standard InChI is InChI=1S/C31H34ClN7O5S2/c1-5-17-18-11-16(44-29-37-27(32)36-28(38-29)34-9-10-45-46-30(3,4)15-33)7-8-22(18)35-24-19(17)13-39-23(24)12-21-20(25(39)40)14-43-26(41)31(21,42)6-2/h7-8,11-12,42H,5-6,9-10,13-15,33H2,1-4H3,(H,34,36,37,38)/t31-/m0/s1. The van der Waals surface area contributed by atoms with Gasteiger partial charge in [-0.1, -0.05) is 35.4 Å². The second-order valence-electron chi connectivity index (χ2n) is 11.7. The average molecular weight is 684 g/mol. The summed E-state index contributed by atoms with van der Waals surface area (Å²) in [6.45, 7) is 9.27. The van der Waals surface area contributed by atoms with Crippen LogP contribution in [-0.2, 0) is 34.7 Å². The largest absolute Gasteiger partial charge is 0.458 e. The number of aliphatic hydroxyl groups is 1. The summed E-state index contributed by atoms with van der Waals surface area (Å²) in [5.74, 6) is 0.849. The first-order chi connectivity index (χ1) is 22.0. The van der Waals surface area contributed by atoms with Crippen molar-refractivity contribution in [3.63, 3.8) is 0 Å². The van der Waals surface area contributed by atoms with E-state index in [1.165, 1.54) is 0 Å². The molecule has 0 saturated heterocycles. The Hall–Kier alpha value is -3.43. The molecule has 0 saturated carbocycles. The molecule has 1 aromatic carbocycles. The number of carbonyl (C=O) groups is 1. The molecule has 5 heterocycles. The molecule has 2 aliphatic heterocycles. The number of halogens is 1. The topological polar surface area (TPSA) is 167 Å². The van der Waals surface area contributed by atoms with Crippen molar-refractivity contribution in [1.82, 2.24) is 24.5 Å². The van der Waals surface area contributed by atoms with E-state index in [-0.39, 0.29) is 45.8 Å². The number of hydrogen-bond donors (Lipinski definition) is 3. The maximum absolute atomic E-state index is 13.6. The summed E-state index contributed by atoms with van der Waals surface area (Å²) in [4.78, 5) is 43.8. The van der Waals surface area contributed by atoms with E-state index in [4.69, 9.17) is 31.8 Å². The van der Waals surface area contributed by atoms with E-state index >= 15 is 0 Å². The zero-order chi connectivity index (χ0) is 32.8. The predicted molar refractivity (Wildman–Crippen MR) is 180 cm³/mol. The van der Waals surface area contributed by atoms with Crippen LogP contribution in [0.3, 0.4) is 0 Å². The minimum absolute atomic E-state index is 0.00120. The number of fused-ring (bicyclic) bond motifs is 5. The number of nitrogens with two attached hydrogens (primary N) is 1. The highest BCUT2D eigenvalue weighted by Gasteiger charge is 2.45. The molecule has 0 amide bonds. The lowest BCUT2D eigenvalue weighted by molar-refractivity contribution is -0.172. The summed E-state index contributed by atoms with van der Waals surface area (Å²) in [6.07, 6.45) is 0.747. The molecule has 0 spiro atoms. The summed E-state index contributed by atoms with van der Waals surface area (Å²) in [5, 5.41) is 15.2. The molecule has 12 nitrogen and oxygen atoms in total. The van der Waals surface area contributed by atoms with Crippen LogP contribution in [0, 0.1) is 0 Å². The SMILES string of the molecule is CCc1c2c(nc3ccc(Oc4nc(Cl)nc(NCCSSC(C)(C)CN)n4)cc13)-c1cc3c(c(=O)n1C2)COC(=O)[C@]3(O)CC. The van der Waals surface area contributed by atoms with E-state index in [2.05, 4.69) is 34.1 Å². The lowest BCUT2D eigenvalue weighted by Gasteiger charge is -2.31. The van der Waals surface area contributed by atoms with Crippen molar-refractivity contribution in [2.24, 2.45) is 5.73 Å². The van der Waals surface area contributed by atoms with E-state index in [1.54, 1.807) is 45.2 Å². The highest BCUT2D eigenvalue weighted by molar-refractivity contribution is 8.77. The molecule has 0 unspecified atom stereocenters. The fraction of sp³-hybridized carbons (Fsp3) is 0.419. The molecular formula is C31H34ClN7O5S2. The number of ether oxygens (including phenoxy) is 2. The highest BCUT2D eigenvalue weighted by atomic mass is 35.5. The molecule has 6 rings (SSSR count). The number of benzene rings is 1. The van der Waals surface area contributed by atoms with E-state index < -0.39 is 11.6 Å². The predicted octanol–water partition coefficient (Wildman–Crippen LogP) is 4.80. The van der Waals surface area contributed by atoms with Crippen molar-refractivity contribution in [1.29, 1.82) is 0 Å². The molecule has 1 atom stereocenters. The van der Waals surface area contributed by atoms with Crippen LogP contribution in [0.5, 0.6) is 11.8 Å². The van der Waals surface area contributed by atoms with Gasteiger partial charge in [-0.3, -0.25) is 4.79 Å². The molecule has 0 radical (unpaired) electrons. The number of cyclic esters (lactones) is 1. The second kappa shape index (κ2) is 12.6. The van der Waals surface area contributed by atoms with Gasteiger partial charge in [0, 0.05) is 40.1 Å². The number of aryl methyl sites for hydroxylation is 1. The average Bonchev–Trinajstić information content (AvgIpc) is 3.40. The maximum Gasteiger partial charge on any atom is 0.343 e. The van der Waals surface area contributed by atoms with Crippen LogP contribution < -0.4 is 21.3 Å². The van der Waals surface area contributed by atoms with Crippen LogP contribution in [0.15, 0.2) is 29.1 Å². The molecule has 0 fully saturated rings. The Morgan fingerprint density at radius 2 is 1.98 bits per heavy atom. The van der Waals surface area contributed by atoms with Crippen LogP contribution in [0.1, 0.15) is 56.4 Å². The number of anilines is 1. The first-order valence-electron chi connectivity index (χ1n) is 14.9. The molecule has 2 aliphatic rings. The third-order valence-corrected chi connectivity index (χ3v) is 11.7. The summed E-state index contributed by atoms with van der Waals surface area (Å²) < 4.78 is 12.9. The monoisotopic (exact) mass is 683 g/mol. The number of carbonyl (C=O) groups excluding carboxylic acids is 1. The highest BCUT2D eigenvalue weighted by Crippen LogP contribution is 2.41. The maximum atomic E-state index is 13.6. The number of nitrogens with zero attached hydrogens (tertiary/aromatic N) is 5. The summed E-state index contributed by atoms with van der Waals surface area (Å²) in [7, 11) is 3.45. The lowest BCUT2D eigenvalue weighted by atomic mass is 9.86. The van der Waals surface area contributed by atoms with Crippen LogP contribution >= 0.6 is 33.2 Å². The van der Waals surface area contributed by atoms with Crippen LogP contribution in [0.4, 0.5) is 5.95 Å². The normalized spacial score (nSPS) is 17.0. The Morgan fingerprint density at radius 1 is 1.17 bits per heavy atom. The minimum atomic E-state index is -1.88. The number of aromatic nitrogens is 5. The number of hydrogen-bond acceptors (Lipinski definition) is 13. The van der Waals surface area contributed by atoms with Crippen LogP contribution in [0.25, 0.3) is 22.3 Å². The number of rotatable bonds is 11. The fourth-order valence-corrected chi connectivity index (χ4v) is 8.08. The van der Waals surface area contributed by atoms with Gasteiger partial charge in [0.05, 0.1) is 29.0 Å². The van der Waals surface area contributed by atoms with E-state index in [0.29, 0.717) is 54.7 Å². The number of esters is 1. The smallest absolute Gasteiger partial charge is 0.343 e. The van der Waals surface area contributed by atoms with Gasteiger partial charge in [0.25, 0.3) is 5.56 Å². The Labute approximate surface area is 278 Å². The lowest BCUT2D eigenvalue weighted by Crippen LogP contribution is -2.44. The van der Waals surface area contributed by atoms with Gasteiger partial charge in [0.1, 0.15) is 12.4 Å². The number of pyridine rings is 2. The summed E-state index contributed by atoms with van der Waals surface area (Å²) >= 11 is 6.20. The number of nitrogens with one attached hydrogen (secondary N) is 1. The molecule has 0 bridgehead atoms.